The lowest BCUT2D eigenvalue weighted by Gasteiger charge is -2.34. The number of carbonyl (C=O) groups is 2. The van der Waals surface area contributed by atoms with Gasteiger partial charge in [0.05, 0.1) is 12.8 Å². The second-order valence-corrected chi connectivity index (χ2v) is 11.6. The summed E-state index contributed by atoms with van der Waals surface area (Å²) in [5.41, 5.74) is 0.456. The molecule has 208 valence electrons. The van der Waals surface area contributed by atoms with Gasteiger partial charge >= 0.3 is 10.2 Å². The van der Waals surface area contributed by atoms with Gasteiger partial charge in [-0.05, 0) is 49.1 Å². The van der Waals surface area contributed by atoms with Crippen LogP contribution in [-0.4, -0.2) is 69.3 Å². The van der Waals surface area contributed by atoms with Gasteiger partial charge in [-0.3, -0.25) is 9.59 Å². The predicted molar refractivity (Wildman–Crippen MR) is 144 cm³/mol. The number of rotatable bonds is 12. The van der Waals surface area contributed by atoms with Crippen molar-refractivity contribution >= 4 is 27.7 Å². The molecule has 3 rings (SSSR count). The Balaban J connectivity index is 1.99. The van der Waals surface area contributed by atoms with Gasteiger partial charge in [-0.2, -0.15) is 12.7 Å². The first kappa shape index (κ1) is 29.4. The molecule has 38 heavy (non-hydrogen) atoms. The highest BCUT2D eigenvalue weighted by atomic mass is 32.2. The second kappa shape index (κ2) is 13.1. The number of carbonyl (C=O) groups excluding carboxylic acids is 2. The Hall–Kier alpha value is -3.18. The molecule has 1 N–H and O–H groups in total. The number of halogens is 1. The molecule has 0 heterocycles. The highest BCUT2D eigenvalue weighted by Crippen LogP contribution is 2.25. The lowest BCUT2D eigenvalue weighted by atomic mass is 10.1. The maximum Gasteiger partial charge on any atom is 0.304 e. The van der Waals surface area contributed by atoms with Gasteiger partial charge in [0.25, 0.3) is 0 Å². The predicted octanol–water partition coefficient (Wildman–Crippen LogP) is 3.31. The third-order valence-electron chi connectivity index (χ3n) is 6.71. The zero-order valence-electron chi connectivity index (χ0n) is 22.4. The second-order valence-electron chi connectivity index (χ2n) is 9.54. The maximum absolute atomic E-state index is 14.8. The first-order chi connectivity index (χ1) is 18.1. The van der Waals surface area contributed by atoms with Crippen molar-refractivity contribution in [2.45, 2.75) is 57.7 Å². The topological polar surface area (TPSA) is 99.3 Å². The number of methoxy groups -OCH3 is 1. The summed E-state index contributed by atoms with van der Waals surface area (Å²) in [6.07, 6.45) is 4.15. The molecule has 9 nitrogen and oxygen atoms in total. The highest BCUT2D eigenvalue weighted by Gasteiger charge is 2.35. The quantitative estimate of drug-likeness (QED) is 0.439. The van der Waals surface area contributed by atoms with Crippen LogP contribution >= 0.6 is 0 Å². The van der Waals surface area contributed by atoms with Crippen molar-refractivity contribution < 1.29 is 27.1 Å². The molecule has 2 aromatic carbocycles. The summed E-state index contributed by atoms with van der Waals surface area (Å²) < 4.78 is 48.1. The molecule has 0 unspecified atom stereocenters. The largest absolute Gasteiger partial charge is 0.497 e. The Morgan fingerprint density at radius 1 is 1.11 bits per heavy atom. The van der Waals surface area contributed by atoms with Crippen LogP contribution in [0.15, 0.2) is 48.5 Å². The van der Waals surface area contributed by atoms with Crippen LogP contribution in [0.2, 0.25) is 0 Å². The molecule has 1 aliphatic rings. The molecular formula is C27H37FN4O5S. The van der Waals surface area contributed by atoms with Crippen LogP contribution in [0.1, 0.15) is 44.6 Å². The fourth-order valence-corrected chi connectivity index (χ4v) is 5.67. The monoisotopic (exact) mass is 548 g/mol. The Morgan fingerprint density at radius 2 is 1.79 bits per heavy atom. The van der Waals surface area contributed by atoms with E-state index in [0.717, 1.165) is 40.4 Å². The molecule has 0 aromatic heterocycles. The van der Waals surface area contributed by atoms with Gasteiger partial charge in [-0.1, -0.05) is 44.0 Å². The Labute approximate surface area is 224 Å². The fourth-order valence-electron chi connectivity index (χ4n) is 4.61. The third-order valence-corrected chi connectivity index (χ3v) is 8.52. The average molecular weight is 549 g/mol. The van der Waals surface area contributed by atoms with Crippen molar-refractivity contribution in [2.24, 2.45) is 0 Å². The van der Waals surface area contributed by atoms with Crippen LogP contribution in [0.25, 0.3) is 0 Å². The number of hydrogen-bond donors (Lipinski definition) is 1. The van der Waals surface area contributed by atoms with Gasteiger partial charge in [0.1, 0.15) is 24.2 Å². The molecule has 1 atom stereocenters. The third kappa shape index (κ3) is 7.02. The minimum absolute atomic E-state index is 0.0414. The fraction of sp³-hybridized carbons (Fsp3) is 0.481. The lowest BCUT2D eigenvalue weighted by Crippen LogP contribution is -2.54. The van der Waals surface area contributed by atoms with E-state index in [2.05, 4.69) is 5.32 Å². The van der Waals surface area contributed by atoms with Gasteiger partial charge in [-0.25, -0.2) is 8.70 Å². The summed E-state index contributed by atoms with van der Waals surface area (Å²) in [5, 5.41) is 3.06. The number of nitrogens with one attached hydrogen (secondary N) is 1. The van der Waals surface area contributed by atoms with E-state index in [4.69, 9.17) is 4.74 Å². The smallest absolute Gasteiger partial charge is 0.304 e. The molecule has 2 amide bonds. The van der Waals surface area contributed by atoms with Crippen LogP contribution in [0.5, 0.6) is 5.75 Å². The average Bonchev–Trinajstić information content (AvgIpc) is 3.40. The van der Waals surface area contributed by atoms with E-state index < -0.39 is 34.5 Å². The summed E-state index contributed by atoms with van der Waals surface area (Å²) in [6, 6.07) is 11.7. The van der Waals surface area contributed by atoms with Gasteiger partial charge in [0, 0.05) is 26.7 Å². The molecule has 1 saturated carbocycles. The van der Waals surface area contributed by atoms with E-state index in [9.17, 15) is 22.4 Å². The molecule has 1 fully saturated rings. The van der Waals surface area contributed by atoms with E-state index in [1.807, 2.05) is 0 Å². The van der Waals surface area contributed by atoms with Crippen molar-refractivity contribution in [3.8, 4) is 5.75 Å². The minimum atomic E-state index is -4.24. The van der Waals surface area contributed by atoms with Crippen molar-refractivity contribution in [1.82, 2.24) is 14.5 Å². The van der Waals surface area contributed by atoms with Crippen LogP contribution in [0, 0.1) is 5.82 Å². The summed E-state index contributed by atoms with van der Waals surface area (Å²) >= 11 is 0. The van der Waals surface area contributed by atoms with E-state index in [1.165, 1.54) is 44.3 Å². The van der Waals surface area contributed by atoms with Gasteiger partial charge in [-0.15, -0.1) is 0 Å². The molecule has 11 heteroatoms. The number of ether oxygens (including phenoxy) is 1. The van der Waals surface area contributed by atoms with Crippen LogP contribution in [-0.2, 0) is 26.3 Å². The number of nitrogens with zero attached hydrogens (tertiary/aromatic N) is 3. The Kier molecular flexibility index (Phi) is 10.1. The van der Waals surface area contributed by atoms with E-state index in [0.29, 0.717) is 17.7 Å². The Morgan fingerprint density at radius 3 is 2.39 bits per heavy atom. The summed E-state index contributed by atoms with van der Waals surface area (Å²) in [6.45, 7) is 1.16. The molecule has 0 saturated heterocycles. The van der Waals surface area contributed by atoms with E-state index >= 15 is 0 Å². The van der Waals surface area contributed by atoms with Crippen molar-refractivity contribution in [1.29, 1.82) is 0 Å². The zero-order valence-corrected chi connectivity index (χ0v) is 23.2. The zero-order chi connectivity index (χ0) is 27.9. The number of amides is 2. The molecule has 0 spiro atoms. The van der Waals surface area contributed by atoms with Crippen LogP contribution < -0.4 is 14.4 Å². The van der Waals surface area contributed by atoms with E-state index in [-0.39, 0.29) is 24.2 Å². The van der Waals surface area contributed by atoms with Gasteiger partial charge < -0.3 is 15.0 Å². The first-order valence-electron chi connectivity index (χ1n) is 12.8. The minimum Gasteiger partial charge on any atom is -0.497 e. The molecule has 0 bridgehead atoms. The molecule has 0 aliphatic heterocycles. The number of benzene rings is 2. The van der Waals surface area contributed by atoms with Gasteiger partial charge in [0.2, 0.25) is 11.8 Å². The number of para-hydroxylation sites is 1. The van der Waals surface area contributed by atoms with Gasteiger partial charge in [0.15, 0.2) is 0 Å². The standard InChI is InChI=1S/C27H37FN4O5S/c1-5-24(27(34)29-21-12-6-7-13-21)31(18-20-11-10-14-22(17-20)37-4)26(33)19-32(38(35,36)30(2)3)25-16-9-8-15-23(25)28/h8-11,14-17,21,24H,5-7,12-13,18-19H2,1-4H3,(H,29,34)/t24-/m1/s1. The number of hydrogen-bond acceptors (Lipinski definition) is 5. The van der Waals surface area contributed by atoms with Crippen molar-refractivity contribution in [3.05, 3.63) is 59.9 Å². The molecule has 0 radical (unpaired) electrons. The number of anilines is 1. The summed E-state index contributed by atoms with van der Waals surface area (Å²) in [4.78, 5) is 28.6. The van der Waals surface area contributed by atoms with Crippen molar-refractivity contribution in [2.75, 3.05) is 32.1 Å². The SMILES string of the molecule is CC[C@H](C(=O)NC1CCCC1)N(Cc1cccc(OC)c1)C(=O)CN(c1ccccc1F)S(=O)(=O)N(C)C. The van der Waals surface area contributed by atoms with Crippen LogP contribution in [0.4, 0.5) is 10.1 Å². The summed E-state index contributed by atoms with van der Waals surface area (Å²) in [5.74, 6) is -1.11. The first-order valence-corrected chi connectivity index (χ1v) is 14.2. The Bertz CT molecular complexity index is 1220. The van der Waals surface area contributed by atoms with E-state index in [1.54, 1.807) is 31.2 Å². The molecule has 1 aliphatic carbocycles. The lowest BCUT2D eigenvalue weighted by molar-refractivity contribution is -0.140. The normalized spacial score (nSPS) is 14.8. The summed E-state index contributed by atoms with van der Waals surface area (Å²) in [7, 11) is -0.0851. The maximum atomic E-state index is 14.8. The molecule has 2 aromatic rings. The highest BCUT2D eigenvalue weighted by molar-refractivity contribution is 7.90. The van der Waals surface area contributed by atoms with Crippen LogP contribution in [0.3, 0.4) is 0 Å². The molecular weight excluding hydrogens is 511 g/mol. The van der Waals surface area contributed by atoms with Crippen molar-refractivity contribution in [3.63, 3.8) is 0 Å².